The highest BCUT2D eigenvalue weighted by molar-refractivity contribution is 5.65. The van der Waals surface area contributed by atoms with Gasteiger partial charge in [-0.3, -0.25) is 0 Å². The monoisotopic (exact) mass is 477 g/mol. The molecule has 0 saturated carbocycles. The van der Waals surface area contributed by atoms with Crippen molar-refractivity contribution in [3.05, 3.63) is 178 Å². The summed E-state index contributed by atoms with van der Waals surface area (Å²) in [4.78, 5) is 0. The van der Waals surface area contributed by atoms with E-state index < -0.39 is 0 Å². The van der Waals surface area contributed by atoms with Crippen LogP contribution in [0.1, 0.15) is 44.5 Å². The van der Waals surface area contributed by atoms with E-state index in [4.69, 9.17) is 0 Å². The zero-order chi connectivity index (χ0) is 25.8. The molecule has 0 aromatic heterocycles. The lowest BCUT2D eigenvalue weighted by Gasteiger charge is -2.03. The second kappa shape index (κ2) is 12.3. The molecule has 38 heavy (non-hydrogen) atoms. The highest BCUT2D eigenvalue weighted by Crippen LogP contribution is 2.17. The Morgan fingerprint density at radius 1 is 0.368 bits per heavy atom. The van der Waals surface area contributed by atoms with Gasteiger partial charge in [-0.25, -0.2) is 0 Å². The Bertz CT molecular complexity index is 1700. The fourth-order valence-electron chi connectivity index (χ4n) is 3.61. The van der Waals surface area contributed by atoms with Crippen LogP contribution in [0.4, 0.5) is 0 Å². The molecular formula is C38H21. The molecule has 0 spiro atoms. The van der Waals surface area contributed by atoms with Crippen LogP contribution in [0.15, 0.2) is 127 Å². The highest BCUT2D eigenvalue weighted by Gasteiger charge is 2.07. The minimum Gasteiger partial charge on any atom is -0.0622 e. The average molecular weight is 478 g/mol. The third-order valence-corrected chi connectivity index (χ3v) is 5.51. The molecule has 0 fully saturated rings. The second-order valence-corrected chi connectivity index (χ2v) is 8.31. The predicted molar refractivity (Wildman–Crippen MR) is 155 cm³/mol. The van der Waals surface area contributed by atoms with Crippen molar-refractivity contribution in [2.45, 2.75) is 0 Å². The minimum absolute atomic E-state index is 0.675. The van der Waals surface area contributed by atoms with Gasteiger partial charge in [-0.05, 0) is 54.6 Å². The van der Waals surface area contributed by atoms with E-state index in [1.165, 1.54) is 0 Å². The van der Waals surface area contributed by atoms with Gasteiger partial charge >= 0.3 is 0 Å². The molecule has 5 rings (SSSR count). The van der Waals surface area contributed by atoms with Crippen molar-refractivity contribution in [1.29, 1.82) is 0 Å². The Balaban J connectivity index is 1.69. The molecule has 0 bridgehead atoms. The fourth-order valence-corrected chi connectivity index (χ4v) is 3.61. The molecule has 173 valence electrons. The molecule has 0 N–H and O–H groups in total. The molecule has 0 aliphatic rings. The lowest BCUT2D eigenvalue weighted by Crippen LogP contribution is -1.94. The molecule has 0 aliphatic heterocycles. The largest absolute Gasteiger partial charge is 0.0622 e. The molecule has 0 unspecified atom stereocenters. The second-order valence-electron chi connectivity index (χ2n) is 8.31. The van der Waals surface area contributed by atoms with Gasteiger partial charge in [-0.1, -0.05) is 120 Å². The van der Waals surface area contributed by atoms with Crippen molar-refractivity contribution in [2.75, 3.05) is 0 Å². The van der Waals surface area contributed by atoms with Crippen molar-refractivity contribution in [3.8, 4) is 47.4 Å². The average Bonchev–Trinajstić information content (AvgIpc) is 2.99. The van der Waals surface area contributed by atoms with Crippen LogP contribution >= 0.6 is 0 Å². The molecule has 5 aromatic carbocycles. The van der Waals surface area contributed by atoms with Crippen LogP contribution in [-0.2, 0) is 0 Å². The lowest BCUT2D eigenvalue weighted by molar-refractivity contribution is 1.49. The van der Waals surface area contributed by atoms with Crippen LogP contribution < -0.4 is 0 Å². The molecule has 0 heterocycles. The van der Waals surface area contributed by atoms with E-state index in [0.29, 0.717) is 11.1 Å². The van der Waals surface area contributed by atoms with Gasteiger partial charge in [0, 0.05) is 39.4 Å². The first-order valence-corrected chi connectivity index (χ1v) is 12.2. The van der Waals surface area contributed by atoms with Crippen LogP contribution in [0, 0.1) is 53.4 Å². The highest BCUT2D eigenvalue weighted by atomic mass is 14.1. The molecular weight excluding hydrogens is 456 g/mol. The normalized spacial score (nSPS) is 9.26. The van der Waals surface area contributed by atoms with Gasteiger partial charge in [0.15, 0.2) is 0 Å². The van der Waals surface area contributed by atoms with Gasteiger partial charge in [-0.2, -0.15) is 0 Å². The van der Waals surface area contributed by atoms with Crippen molar-refractivity contribution in [3.63, 3.8) is 0 Å². The molecule has 5 aromatic rings. The Morgan fingerprint density at radius 3 is 1.24 bits per heavy atom. The summed E-state index contributed by atoms with van der Waals surface area (Å²) in [6.07, 6.45) is 0. The number of rotatable bonds is 0. The number of hydrogen-bond acceptors (Lipinski definition) is 0. The molecule has 0 nitrogen and oxygen atoms in total. The first-order chi connectivity index (χ1) is 18.8. The smallest absolute Gasteiger partial charge is 0.0569 e. The fraction of sp³-hybridized carbons (Fsp3) is 0. The summed E-state index contributed by atoms with van der Waals surface area (Å²) in [5.74, 6) is 26.3. The van der Waals surface area contributed by atoms with Crippen molar-refractivity contribution < 1.29 is 0 Å². The lowest BCUT2D eigenvalue weighted by atomic mass is 9.97. The first-order valence-electron chi connectivity index (χ1n) is 12.2. The maximum absolute atomic E-state index is 3.41. The number of benzene rings is 5. The summed E-state index contributed by atoms with van der Waals surface area (Å²) >= 11 is 0. The van der Waals surface area contributed by atoms with Gasteiger partial charge < -0.3 is 0 Å². The number of hydrogen-bond donors (Lipinski definition) is 0. The molecule has 0 heteroatoms. The van der Waals surface area contributed by atoms with Gasteiger partial charge in [-0.15, -0.1) is 0 Å². The summed E-state index contributed by atoms with van der Waals surface area (Å²) in [6.45, 7) is 0. The molecule has 0 atom stereocenters. The quantitative estimate of drug-likeness (QED) is 0.209. The maximum Gasteiger partial charge on any atom is 0.0569 e. The van der Waals surface area contributed by atoms with E-state index >= 15 is 0 Å². The van der Waals surface area contributed by atoms with E-state index in [1.807, 2.05) is 127 Å². The Labute approximate surface area is 225 Å². The third-order valence-electron chi connectivity index (χ3n) is 5.51. The minimum atomic E-state index is 0.675. The van der Waals surface area contributed by atoms with E-state index in [1.54, 1.807) is 0 Å². The summed E-state index contributed by atoms with van der Waals surface area (Å²) < 4.78 is 0. The summed E-state index contributed by atoms with van der Waals surface area (Å²) in [5.41, 5.74) is 6.60. The van der Waals surface area contributed by atoms with E-state index in [9.17, 15) is 0 Å². The zero-order valence-corrected chi connectivity index (χ0v) is 20.6. The first kappa shape index (κ1) is 24.1. The standard InChI is InChI=1S/C38H21/c1-5-13-31(14-6-1)21-22-35-29-36(26-23-32-15-7-2-8-16-32)38(28-25-34-19-11-4-12-20-34)37(30-35)27-24-33-17-9-3-10-18-33/h1-20,29H. The van der Waals surface area contributed by atoms with Crippen molar-refractivity contribution in [2.24, 2.45) is 0 Å². The van der Waals surface area contributed by atoms with Crippen molar-refractivity contribution >= 4 is 0 Å². The summed E-state index contributed by atoms with van der Waals surface area (Å²) in [7, 11) is 0. The molecule has 0 aliphatic carbocycles. The summed E-state index contributed by atoms with van der Waals surface area (Å²) in [5, 5.41) is 0. The summed E-state index contributed by atoms with van der Waals surface area (Å²) in [6, 6.07) is 45.0. The topological polar surface area (TPSA) is 0 Å². The Hall–Kier alpha value is -5.66. The van der Waals surface area contributed by atoms with E-state index in [2.05, 4.69) is 53.4 Å². The van der Waals surface area contributed by atoms with E-state index in [-0.39, 0.29) is 0 Å². The Morgan fingerprint density at radius 2 is 0.763 bits per heavy atom. The van der Waals surface area contributed by atoms with Crippen molar-refractivity contribution in [1.82, 2.24) is 0 Å². The molecule has 0 amide bonds. The third kappa shape index (κ3) is 6.72. The van der Waals surface area contributed by atoms with Crippen LogP contribution in [0.5, 0.6) is 0 Å². The van der Waals surface area contributed by atoms with Gasteiger partial charge in [0.25, 0.3) is 0 Å². The SMILES string of the molecule is C(#Cc1ccccc1)c1[c]c(C#Cc2ccccc2)c(C#Cc2ccccc2)c(C#Cc2ccccc2)c1. The van der Waals surface area contributed by atoms with Crippen LogP contribution in [-0.4, -0.2) is 0 Å². The van der Waals surface area contributed by atoms with Gasteiger partial charge in [0.1, 0.15) is 0 Å². The Kier molecular flexibility index (Phi) is 7.81. The molecule has 0 saturated heterocycles. The van der Waals surface area contributed by atoms with Gasteiger partial charge in [0.2, 0.25) is 0 Å². The van der Waals surface area contributed by atoms with Gasteiger partial charge in [0.05, 0.1) is 11.1 Å². The van der Waals surface area contributed by atoms with Crippen LogP contribution in [0.2, 0.25) is 0 Å². The van der Waals surface area contributed by atoms with Crippen LogP contribution in [0.25, 0.3) is 0 Å². The van der Waals surface area contributed by atoms with Crippen LogP contribution in [0.3, 0.4) is 0 Å². The predicted octanol–water partition coefficient (Wildman–Crippen LogP) is 7.09. The molecule has 1 radical (unpaired) electrons. The zero-order valence-electron chi connectivity index (χ0n) is 20.6. The van der Waals surface area contributed by atoms with E-state index in [0.717, 1.165) is 33.4 Å². The maximum atomic E-state index is 3.41.